The van der Waals surface area contributed by atoms with Crippen LogP contribution in [0.2, 0.25) is 0 Å². The maximum Gasteiger partial charge on any atom is 0.0628 e. The molecule has 4 rings (SSSR count). The average molecular weight is 415 g/mol. The first-order valence-electron chi connectivity index (χ1n) is 13.4. The number of hydrogen-bond acceptors (Lipinski definition) is 1. The fourth-order valence-electron chi connectivity index (χ4n) is 9.41. The third kappa shape index (κ3) is 3.45. The Bertz CT molecular complexity index is 659. The largest absolute Gasteiger partial charge is 0.392 e. The third-order valence-corrected chi connectivity index (χ3v) is 11.1. The molecule has 1 N–H and O–H groups in total. The molecule has 0 spiro atoms. The fourth-order valence-corrected chi connectivity index (χ4v) is 9.41. The molecular formula is C29H50O. The zero-order valence-electron chi connectivity index (χ0n) is 21.1. The van der Waals surface area contributed by atoms with Crippen LogP contribution in [0.3, 0.4) is 0 Å². The van der Waals surface area contributed by atoms with E-state index in [9.17, 15) is 5.11 Å². The van der Waals surface area contributed by atoms with Crippen LogP contribution in [0, 0.1) is 51.8 Å². The summed E-state index contributed by atoms with van der Waals surface area (Å²) >= 11 is 0. The standard InChI is InChI=1S/C29H50O/c1-19(2)9-8-10-20(3)22-12-13-23-21-11-14-25-27(4,5)26(30)16-18-29(25,7)24(21)15-17-28(22,23)6/h14,19-24,26,30H,8-13,15-18H2,1-7H3. The molecule has 0 aromatic rings. The molecule has 3 saturated carbocycles. The van der Waals surface area contributed by atoms with Gasteiger partial charge in [-0.25, -0.2) is 0 Å². The molecule has 8 unspecified atom stereocenters. The van der Waals surface area contributed by atoms with Gasteiger partial charge in [-0.1, -0.05) is 79.4 Å². The van der Waals surface area contributed by atoms with Crippen LogP contribution in [0.4, 0.5) is 0 Å². The van der Waals surface area contributed by atoms with Gasteiger partial charge < -0.3 is 5.11 Å². The predicted molar refractivity (Wildman–Crippen MR) is 128 cm³/mol. The molecule has 172 valence electrons. The second kappa shape index (κ2) is 7.93. The highest BCUT2D eigenvalue weighted by Crippen LogP contribution is 2.68. The first kappa shape index (κ1) is 22.9. The molecule has 0 saturated heterocycles. The van der Waals surface area contributed by atoms with Crippen LogP contribution in [0.5, 0.6) is 0 Å². The topological polar surface area (TPSA) is 20.2 Å². The summed E-state index contributed by atoms with van der Waals surface area (Å²) in [7, 11) is 0. The van der Waals surface area contributed by atoms with Gasteiger partial charge in [0.25, 0.3) is 0 Å². The van der Waals surface area contributed by atoms with Crippen molar-refractivity contribution in [3.8, 4) is 0 Å². The Kier molecular flexibility index (Phi) is 6.05. The number of aliphatic hydroxyl groups excluding tert-OH is 1. The average Bonchev–Trinajstić information content (AvgIpc) is 3.02. The molecular weight excluding hydrogens is 364 g/mol. The number of rotatable bonds is 5. The molecule has 1 heteroatoms. The molecule has 0 radical (unpaired) electrons. The van der Waals surface area contributed by atoms with E-state index in [-0.39, 0.29) is 11.5 Å². The van der Waals surface area contributed by atoms with E-state index in [1.165, 1.54) is 57.8 Å². The minimum atomic E-state index is -0.162. The predicted octanol–water partition coefficient (Wildman–Crippen LogP) is 8.02. The zero-order valence-corrected chi connectivity index (χ0v) is 21.1. The van der Waals surface area contributed by atoms with Crippen LogP contribution >= 0.6 is 0 Å². The fraction of sp³-hybridized carbons (Fsp3) is 0.931. The van der Waals surface area contributed by atoms with E-state index in [0.717, 1.165) is 41.9 Å². The summed E-state index contributed by atoms with van der Waals surface area (Å²) in [5, 5.41) is 10.7. The lowest BCUT2D eigenvalue weighted by Crippen LogP contribution is -2.54. The van der Waals surface area contributed by atoms with E-state index in [4.69, 9.17) is 0 Å². The molecule has 0 heterocycles. The highest BCUT2D eigenvalue weighted by atomic mass is 16.3. The normalized spacial score (nSPS) is 46.0. The third-order valence-electron chi connectivity index (χ3n) is 11.1. The van der Waals surface area contributed by atoms with Crippen molar-refractivity contribution in [2.75, 3.05) is 0 Å². The van der Waals surface area contributed by atoms with Gasteiger partial charge in [0, 0.05) is 5.41 Å². The van der Waals surface area contributed by atoms with E-state index in [0.29, 0.717) is 10.8 Å². The number of hydrogen-bond donors (Lipinski definition) is 1. The number of allylic oxidation sites excluding steroid dienone is 1. The van der Waals surface area contributed by atoms with E-state index in [2.05, 4.69) is 54.5 Å². The first-order chi connectivity index (χ1) is 14.0. The van der Waals surface area contributed by atoms with Crippen molar-refractivity contribution < 1.29 is 5.11 Å². The lowest BCUT2D eigenvalue weighted by atomic mass is 9.44. The van der Waals surface area contributed by atoms with Crippen LogP contribution in [0.1, 0.15) is 113 Å². The summed E-state index contributed by atoms with van der Waals surface area (Å²) in [6, 6.07) is 0. The maximum atomic E-state index is 10.7. The lowest BCUT2D eigenvalue weighted by Gasteiger charge is -2.61. The second-order valence-corrected chi connectivity index (χ2v) is 13.5. The van der Waals surface area contributed by atoms with Crippen molar-refractivity contribution in [2.24, 2.45) is 51.8 Å². The first-order valence-corrected chi connectivity index (χ1v) is 13.4. The minimum absolute atomic E-state index is 0.0398. The summed E-state index contributed by atoms with van der Waals surface area (Å²) in [6.07, 6.45) is 16.0. The van der Waals surface area contributed by atoms with Crippen LogP contribution in [-0.4, -0.2) is 11.2 Å². The van der Waals surface area contributed by atoms with Gasteiger partial charge in [0.1, 0.15) is 0 Å². The van der Waals surface area contributed by atoms with E-state index < -0.39 is 0 Å². The Balaban J connectivity index is 1.54. The van der Waals surface area contributed by atoms with Gasteiger partial charge in [-0.15, -0.1) is 0 Å². The van der Waals surface area contributed by atoms with Crippen LogP contribution in [0.15, 0.2) is 11.6 Å². The molecule has 0 amide bonds. The monoisotopic (exact) mass is 414 g/mol. The highest BCUT2D eigenvalue weighted by molar-refractivity contribution is 5.31. The van der Waals surface area contributed by atoms with E-state index in [1.807, 2.05) is 0 Å². The summed E-state index contributed by atoms with van der Waals surface area (Å²) in [5.74, 6) is 5.34. The summed E-state index contributed by atoms with van der Waals surface area (Å²) in [5.41, 5.74) is 2.47. The molecule has 4 aliphatic carbocycles. The van der Waals surface area contributed by atoms with Crippen molar-refractivity contribution in [1.82, 2.24) is 0 Å². The van der Waals surface area contributed by atoms with Crippen molar-refractivity contribution in [3.63, 3.8) is 0 Å². The minimum Gasteiger partial charge on any atom is -0.392 e. The van der Waals surface area contributed by atoms with E-state index >= 15 is 0 Å². The Morgan fingerprint density at radius 3 is 2.37 bits per heavy atom. The quantitative estimate of drug-likeness (QED) is 0.451. The lowest BCUT2D eigenvalue weighted by molar-refractivity contribution is -0.0782. The van der Waals surface area contributed by atoms with Crippen molar-refractivity contribution >= 4 is 0 Å². The summed E-state index contributed by atoms with van der Waals surface area (Å²) in [6.45, 7) is 17.2. The highest BCUT2D eigenvalue weighted by Gasteiger charge is 2.61. The Hall–Kier alpha value is -0.300. The zero-order chi connectivity index (χ0) is 21.9. The molecule has 8 atom stereocenters. The van der Waals surface area contributed by atoms with Gasteiger partial charge in [0.05, 0.1) is 6.10 Å². The molecule has 3 fully saturated rings. The van der Waals surface area contributed by atoms with Crippen molar-refractivity contribution in [1.29, 1.82) is 0 Å². The maximum absolute atomic E-state index is 10.7. The summed E-state index contributed by atoms with van der Waals surface area (Å²) in [4.78, 5) is 0. The smallest absolute Gasteiger partial charge is 0.0628 e. The molecule has 0 bridgehead atoms. The Labute approximate surface area is 187 Å². The molecule has 0 aliphatic heterocycles. The van der Waals surface area contributed by atoms with Crippen LogP contribution in [-0.2, 0) is 0 Å². The van der Waals surface area contributed by atoms with Gasteiger partial charge >= 0.3 is 0 Å². The van der Waals surface area contributed by atoms with Gasteiger partial charge in [-0.3, -0.25) is 0 Å². The molecule has 0 aromatic carbocycles. The van der Waals surface area contributed by atoms with Crippen LogP contribution in [0.25, 0.3) is 0 Å². The van der Waals surface area contributed by atoms with Crippen molar-refractivity contribution in [2.45, 2.75) is 119 Å². The Morgan fingerprint density at radius 2 is 1.67 bits per heavy atom. The SMILES string of the molecule is CC(C)CCCC(C)C1CCC2C3CC=C4C(C)(C)C(O)CCC4(C)C3CCC12C. The van der Waals surface area contributed by atoms with Crippen molar-refractivity contribution in [3.05, 3.63) is 11.6 Å². The summed E-state index contributed by atoms with van der Waals surface area (Å²) < 4.78 is 0. The van der Waals surface area contributed by atoms with Gasteiger partial charge in [0.2, 0.25) is 0 Å². The Morgan fingerprint density at radius 1 is 0.933 bits per heavy atom. The molecule has 30 heavy (non-hydrogen) atoms. The molecule has 4 aliphatic rings. The van der Waals surface area contributed by atoms with Gasteiger partial charge in [-0.2, -0.15) is 0 Å². The second-order valence-electron chi connectivity index (χ2n) is 13.5. The van der Waals surface area contributed by atoms with Gasteiger partial charge in [0.15, 0.2) is 0 Å². The van der Waals surface area contributed by atoms with Crippen LogP contribution < -0.4 is 0 Å². The van der Waals surface area contributed by atoms with E-state index in [1.54, 1.807) is 5.57 Å². The van der Waals surface area contributed by atoms with Gasteiger partial charge in [-0.05, 0) is 91.3 Å². The molecule has 1 nitrogen and oxygen atoms in total. The number of fused-ring (bicyclic) bond motifs is 5. The number of aliphatic hydroxyl groups is 1. The molecule has 0 aromatic heterocycles.